The van der Waals surface area contributed by atoms with Gasteiger partial charge >= 0.3 is 6.09 Å². The summed E-state index contributed by atoms with van der Waals surface area (Å²) in [5.41, 5.74) is 5.48. The van der Waals surface area contributed by atoms with Crippen molar-refractivity contribution >= 4 is 6.09 Å². The van der Waals surface area contributed by atoms with E-state index in [2.05, 4.69) is 5.32 Å². The number of carboxylic acid groups (broad SMARTS) is 1. The fraction of sp³-hybridized carbons (Fsp3) is 0.500. The third kappa shape index (κ3) is 1.73. The molecule has 0 unspecified atom stereocenters. The normalized spacial score (nSPS) is 30.5. The van der Waals surface area contributed by atoms with E-state index in [0.29, 0.717) is 6.42 Å². The molecule has 0 heterocycles. The molecule has 1 aliphatic rings. The molecule has 2 atom stereocenters. The number of nitrogens with one attached hydrogen (secondary N) is 1. The molecule has 0 spiro atoms. The summed E-state index contributed by atoms with van der Waals surface area (Å²) in [6.07, 6.45) is 3.26. The van der Waals surface area contributed by atoms with Crippen LogP contribution in [0.15, 0.2) is 12.2 Å². The van der Waals surface area contributed by atoms with E-state index in [1.165, 1.54) is 0 Å². The first-order valence-electron chi connectivity index (χ1n) is 3.12. The van der Waals surface area contributed by atoms with E-state index in [9.17, 15) is 4.79 Å². The van der Waals surface area contributed by atoms with Gasteiger partial charge in [0, 0.05) is 6.04 Å². The van der Waals surface area contributed by atoms with Gasteiger partial charge in [0.25, 0.3) is 0 Å². The standard InChI is InChI=1S/C6H10N2O2/c7-4-1-2-5(3-4)8-6(9)10/h1-2,4-5,8H,3,7H2,(H,9,10)/t4-,5+/m0/s1. The molecule has 0 saturated heterocycles. The lowest BCUT2D eigenvalue weighted by Crippen LogP contribution is -2.32. The number of hydrogen-bond acceptors (Lipinski definition) is 2. The van der Waals surface area contributed by atoms with Crippen molar-refractivity contribution in [2.75, 3.05) is 0 Å². The Bertz CT molecular complexity index is 167. The van der Waals surface area contributed by atoms with E-state index in [1.54, 1.807) is 12.2 Å². The summed E-state index contributed by atoms with van der Waals surface area (Å²) in [4.78, 5) is 10.1. The van der Waals surface area contributed by atoms with Crippen LogP contribution in [0.25, 0.3) is 0 Å². The molecule has 1 aliphatic carbocycles. The maximum absolute atomic E-state index is 10.1. The second kappa shape index (κ2) is 2.70. The minimum Gasteiger partial charge on any atom is -0.465 e. The first kappa shape index (κ1) is 7.08. The quantitative estimate of drug-likeness (QED) is 0.448. The van der Waals surface area contributed by atoms with Crippen LogP contribution in [0.3, 0.4) is 0 Å². The summed E-state index contributed by atoms with van der Waals surface area (Å²) in [7, 11) is 0. The van der Waals surface area contributed by atoms with E-state index in [4.69, 9.17) is 10.8 Å². The highest BCUT2D eigenvalue weighted by Gasteiger charge is 2.16. The fourth-order valence-corrected chi connectivity index (χ4v) is 0.993. The minimum atomic E-state index is -0.997. The van der Waals surface area contributed by atoms with Crippen molar-refractivity contribution < 1.29 is 9.90 Å². The first-order valence-corrected chi connectivity index (χ1v) is 3.12. The van der Waals surface area contributed by atoms with Gasteiger partial charge in [0.15, 0.2) is 0 Å². The Balaban J connectivity index is 2.33. The summed E-state index contributed by atoms with van der Waals surface area (Å²) in [6, 6.07) is -0.0793. The van der Waals surface area contributed by atoms with Gasteiger partial charge in [0.1, 0.15) is 0 Å². The van der Waals surface area contributed by atoms with Crippen molar-refractivity contribution in [2.45, 2.75) is 18.5 Å². The van der Waals surface area contributed by atoms with E-state index < -0.39 is 6.09 Å². The molecule has 4 nitrogen and oxygen atoms in total. The predicted octanol–water partition coefficient (Wildman–Crippen LogP) is -0.0902. The van der Waals surface area contributed by atoms with Gasteiger partial charge in [-0.1, -0.05) is 12.2 Å². The number of hydrogen-bond donors (Lipinski definition) is 3. The van der Waals surface area contributed by atoms with Crippen molar-refractivity contribution in [3.8, 4) is 0 Å². The van der Waals surface area contributed by atoms with Crippen molar-refractivity contribution in [2.24, 2.45) is 5.73 Å². The molecule has 4 heteroatoms. The molecule has 10 heavy (non-hydrogen) atoms. The zero-order valence-electron chi connectivity index (χ0n) is 5.45. The summed E-state index contributed by atoms with van der Waals surface area (Å²) in [5, 5.41) is 10.6. The lowest BCUT2D eigenvalue weighted by Gasteiger charge is -2.07. The average molecular weight is 142 g/mol. The Labute approximate surface area is 58.7 Å². The van der Waals surface area contributed by atoms with Gasteiger partial charge in [-0.25, -0.2) is 4.79 Å². The van der Waals surface area contributed by atoms with Crippen LogP contribution in [0.2, 0.25) is 0 Å². The molecular weight excluding hydrogens is 132 g/mol. The Morgan fingerprint density at radius 1 is 1.70 bits per heavy atom. The zero-order chi connectivity index (χ0) is 7.56. The largest absolute Gasteiger partial charge is 0.465 e. The Kier molecular flexibility index (Phi) is 1.91. The fourth-order valence-electron chi connectivity index (χ4n) is 0.993. The Morgan fingerprint density at radius 3 is 2.80 bits per heavy atom. The molecule has 0 saturated carbocycles. The van der Waals surface area contributed by atoms with Crippen LogP contribution in [0.5, 0.6) is 0 Å². The van der Waals surface area contributed by atoms with E-state index in [-0.39, 0.29) is 12.1 Å². The molecule has 0 bridgehead atoms. The van der Waals surface area contributed by atoms with E-state index >= 15 is 0 Å². The topological polar surface area (TPSA) is 75.3 Å². The van der Waals surface area contributed by atoms with Crippen molar-refractivity contribution in [1.82, 2.24) is 5.32 Å². The molecule has 0 aliphatic heterocycles. The predicted molar refractivity (Wildman–Crippen MR) is 36.7 cm³/mol. The van der Waals surface area contributed by atoms with Crippen molar-refractivity contribution in [3.05, 3.63) is 12.2 Å². The van der Waals surface area contributed by atoms with Gasteiger partial charge in [-0.2, -0.15) is 0 Å². The van der Waals surface area contributed by atoms with Crippen LogP contribution in [-0.2, 0) is 0 Å². The van der Waals surface area contributed by atoms with Gasteiger partial charge in [0.05, 0.1) is 6.04 Å². The third-order valence-corrected chi connectivity index (χ3v) is 1.43. The van der Waals surface area contributed by atoms with Crippen LogP contribution in [0.1, 0.15) is 6.42 Å². The number of amides is 1. The highest BCUT2D eigenvalue weighted by Crippen LogP contribution is 2.07. The maximum Gasteiger partial charge on any atom is 0.405 e. The third-order valence-electron chi connectivity index (χ3n) is 1.43. The van der Waals surface area contributed by atoms with Gasteiger partial charge < -0.3 is 16.2 Å². The molecule has 0 aromatic heterocycles. The monoisotopic (exact) mass is 142 g/mol. The highest BCUT2D eigenvalue weighted by atomic mass is 16.4. The van der Waals surface area contributed by atoms with E-state index in [0.717, 1.165) is 0 Å². The Hall–Kier alpha value is -1.03. The minimum absolute atomic E-state index is 0.0110. The molecule has 56 valence electrons. The van der Waals surface area contributed by atoms with Crippen LogP contribution in [0.4, 0.5) is 4.79 Å². The number of rotatable bonds is 1. The molecule has 4 N–H and O–H groups in total. The average Bonchev–Trinajstić information content (AvgIpc) is 2.13. The van der Waals surface area contributed by atoms with Gasteiger partial charge in [0.2, 0.25) is 0 Å². The van der Waals surface area contributed by atoms with Crippen LogP contribution < -0.4 is 11.1 Å². The number of nitrogens with two attached hydrogens (primary N) is 1. The molecule has 1 rings (SSSR count). The number of carbonyl (C=O) groups is 1. The second-order valence-corrected chi connectivity index (χ2v) is 2.34. The van der Waals surface area contributed by atoms with Gasteiger partial charge in [-0.05, 0) is 6.42 Å². The van der Waals surface area contributed by atoms with Crippen LogP contribution in [0, 0.1) is 0 Å². The highest BCUT2D eigenvalue weighted by molar-refractivity contribution is 5.65. The summed E-state index contributed by atoms with van der Waals surface area (Å²) >= 11 is 0. The lowest BCUT2D eigenvalue weighted by molar-refractivity contribution is 0.192. The summed E-state index contributed by atoms with van der Waals surface area (Å²) in [5.74, 6) is 0. The maximum atomic E-state index is 10.1. The lowest BCUT2D eigenvalue weighted by atomic mass is 10.2. The molecular formula is C6H10N2O2. The molecule has 0 radical (unpaired) electrons. The van der Waals surface area contributed by atoms with Crippen LogP contribution in [-0.4, -0.2) is 23.3 Å². The van der Waals surface area contributed by atoms with Gasteiger partial charge in [-0.15, -0.1) is 0 Å². The zero-order valence-corrected chi connectivity index (χ0v) is 5.45. The summed E-state index contributed by atoms with van der Waals surface area (Å²) < 4.78 is 0. The van der Waals surface area contributed by atoms with Crippen LogP contribution >= 0.6 is 0 Å². The molecule has 0 aromatic carbocycles. The van der Waals surface area contributed by atoms with Crippen molar-refractivity contribution in [3.63, 3.8) is 0 Å². The van der Waals surface area contributed by atoms with Gasteiger partial charge in [-0.3, -0.25) is 0 Å². The second-order valence-electron chi connectivity index (χ2n) is 2.34. The molecule has 1 amide bonds. The summed E-state index contributed by atoms with van der Waals surface area (Å²) in [6.45, 7) is 0. The SMILES string of the molecule is N[C@H]1C=C[C@@H](NC(=O)O)C1. The smallest absolute Gasteiger partial charge is 0.405 e. The molecule has 0 fully saturated rings. The first-order chi connectivity index (χ1) is 4.68. The Morgan fingerprint density at radius 2 is 2.40 bits per heavy atom. The van der Waals surface area contributed by atoms with Crippen molar-refractivity contribution in [1.29, 1.82) is 0 Å². The van der Waals surface area contributed by atoms with E-state index in [1.807, 2.05) is 0 Å². The molecule has 0 aromatic rings.